The van der Waals surface area contributed by atoms with E-state index < -0.39 is 0 Å². The van der Waals surface area contributed by atoms with E-state index >= 15 is 0 Å². The molecule has 1 amide bonds. The summed E-state index contributed by atoms with van der Waals surface area (Å²) in [5.74, 6) is 1.01. The number of likely N-dealkylation sites (N-methyl/N-ethyl adjacent to an activating group) is 1. The summed E-state index contributed by atoms with van der Waals surface area (Å²) in [5.41, 5.74) is 1.92. The van der Waals surface area contributed by atoms with Crippen LogP contribution in [0.5, 0.6) is 0 Å². The molecule has 5 heteroatoms. The predicted molar refractivity (Wildman–Crippen MR) is 68.1 cm³/mol. The zero-order chi connectivity index (χ0) is 13.1. The Labute approximate surface area is 108 Å². The van der Waals surface area contributed by atoms with Gasteiger partial charge in [0.25, 0.3) is 0 Å². The van der Waals surface area contributed by atoms with Crippen molar-refractivity contribution in [3.63, 3.8) is 0 Å². The molecule has 1 N–H and O–H groups in total. The van der Waals surface area contributed by atoms with Crippen LogP contribution in [0.1, 0.15) is 36.8 Å². The van der Waals surface area contributed by atoms with E-state index in [1.54, 1.807) is 0 Å². The number of aromatic nitrogens is 1. The second kappa shape index (κ2) is 5.52. The van der Waals surface area contributed by atoms with Gasteiger partial charge in [-0.15, -0.1) is 0 Å². The zero-order valence-electron chi connectivity index (χ0n) is 11.3. The summed E-state index contributed by atoms with van der Waals surface area (Å²) in [5, 5.41) is 7.18. The van der Waals surface area contributed by atoms with Crippen molar-refractivity contribution in [3.8, 4) is 0 Å². The molecule has 5 nitrogen and oxygen atoms in total. The standard InChI is InChI=1S/C13H21N3O2/c1-4-14-12-6-5-7-16(13(12)17)8-11-9(2)15-18-10(11)3/h12,14H,4-8H2,1-3H3. The van der Waals surface area contributed by atoms with Crippen molar-refractivity contribution in [2.24, 2.45) is 0 Å². The summed E-state index contributed by atoms with van der Waals surface area (Å²) in [4.78, 5) is 14.2. The summed E-state index contributed by atoms with van der Waals surface area (Å²) in [7, 11) is 0. The van der Waals surface area contributed by atoms with Crippen LogP contribution in [0, 0.1) is 13.8 Å². The molecule has 18 heavy (non-hydrogen) atoms. The van der Waals surface area contributed by atoms with Gasteiger partial charge in [0.1, 0.15) is 5.76 Å². The number of carbonyl (C=O) groups is 1. The van der Waals surface area contributed by atoms with Gasteiger partial charge in [0.05, 0.1) is 18.3 Å². The molecule has 0 bridgehead atoms. The van der Waals surface area contributed by atoms with Crippen LogP contribution in [0.2, 0.25) is 0 Å². The van der Waals surface area contributed by atoms with E-state index in [0.29, 0.717) is 6.54 Å². The fourth-order valence-electron chi connectivity index (χ4n) is 2.45. The van der Waals surface area contributed by atoms with Crippen molar-refractivity contribution in [3.05, 3.63) is 17.0 Å². The van der Waals surface area contributed by atoms with Crippen molar-refractivity contribution < 1.29 is 9.32 Å². The first-order valence-electron chi connectivity index (χ1n) is 6.57. The third-order valence-electron chi connectivity index (χ3n) is 3.51. The Morgan fingerprint density at radius 2 is 2.28 bits per heavy atom. The van der Waals surface area contributed by atoms with Gasteiger partial charge in [-0.25, -0.2) is 0 Å². The molecule has 0 saturated carbocycles. The molecule has 0 radical (unpaired) electrons. The smallest absolute Gasteiger partial charge is 0.240 e. The fraction of sp³-hybridized carbons (Fsp3) is 0.692. The molecule has 1 aromatic heterocycles. The molecule has 1 saturated heterocycles. The molecular formula is C13H21N3O2. The highest BCUT2D eigenvalue weighted by Crippen LogP contribution is 2.19. The topological polar surface area (TPSA) is 58.4 Å². The van der Waals surface area contributed by atoms with Crippen LogP contribution in [-0.4, -0.2) is 35.1 Å². The number of amides is 1. The quantitative estimate of drug-likeness (QED) is 0.878. The van der Waals surface area contributed by atoms with E-state index in [4.69, 9.17) is 4.52 Å². The summed E-state index contributed by atoms with van der Waals surface area (Å²) >= 11 is 0. The molecule has 2 rings (SSSR count). The Morgan fingerprint density at radius 3 is 2.89 bits per heavy atom. The van der Waals surface area contributed by atoms with Crippen LogP contribution in [-0.2, 0) is 11.3 Å². The van der Waals surface area contributed by atoms with Crippen LogP contribution >= 0.6 is 0 Å². The molecule has 1 aliphatic rings. The highest BCUT2D eigenvalue weighted by Gasteiger charge is 2.29. The van der Waals surface area contributed by atoms with Crippen molar-refractivity contribution in [2.75, 3.05) is 13.1 Å². The highest BCUT2D eigenvalue weighted by molar-refractivity contribution is 5.82. The fourth-order valence-corrected chi connectivity index (χ4v) is 2.45. The summed E-state index contributed by atoms with van der Waals surface area (Å²) in [6.07, 6.45) is 1.98. The van der Waals surface area contributed by atoms with E-state index in [2.05, 4.69) is 10.5 Å². The largest absolute Gasteiger partial charge is 0.361 e. The van der Waals surface area contributed by atoms with Crippen LogP contribution in [0.15, 0.2) is 4.52 Å². The maximum absolute atomic E-state index is 12.3. The monoisotopic (exact) mass is 251 g/mol. The SMILES string of the molecule is CCNC1CCCN(Cc2c(C)noc2C)C1=O. The Bertz CT molecular complexity index is 406. The van der Waals surface area contributed by atoms with Gasteiger partial charge < -0.3 is 14.7 Å². The second-order valence-corrected chi connectivity index (χ2v) is 4.82. The first-order chi connectivity index (χ1) is 8.63. The van der Waals surface area contributed by atoms with E-state index in [-0.39, 0.29) is 11.9 Å². The third-order valence-corrected chi connectivity index (χ3v) is 3.51. The second-order valence-electron chi connectivity index (χ2n) is 4.82. The predicted octanol–water partition coefficient (Wildman–Crippen LogP) is 1.39. The minimum absolute atomic E-state index is 0.0239. The first kappa shape index (κ1) is 13.1. The van der Waals surface area contributed by atoms with Gasteiger partial charge in [-0.2, -0.15) is 0 Å². The minimum Gasteiger partial charge on any atom is -0.361 e. The molecule has 2 heterocycles. The van der Waals surface area contributed by atoms with Gasteiger partial charge in [-0.1, -0.05) is 12.1 Å². The van der Waals surface area contributed by atoms with E-state index in [1.165, 1.54) is 0 Å². The van der Waals surface area contributed by atoms with Crippen LogP contribution in [0.25, 0.3) is 0 Å². The Balaban J connectivity index is 2.07. The number of nitrogens with zero attached hydrogens (tertiary/aromatic N) is 2. The summed E-state index contributed by atoms with van der Waals surface area (Å²) in [6.45, 7) is 8.11. The summed E-state index contributed by atoms with van der Waals surface area (Å²) in [6, 6.07) is -0.0239. The minimum atomic E-state index is -0.0239. The number of rotatable bonds is 4. The average molecular weight is 251 g/mol. The highest BCUT2D eigenvalue weighted by atomic mass is 16.5. The van der Waals surface area contributed by atoms with Crippen molar-refractivity contribution in [1.82, 2.24) is 15.4 Å². The van der Waals surface area contributed by atoms with Crippen LogP contribution < -0.4 is 5.32 Å². The Morgan fingerprint density at radius 1 is 1.50 bits per heavy atom. The van der Waals surface area contributed by atoms with Gasteiger partial charge in [0.15, 0.2) is 0 Å². The van der Waals surface area contributed by atoms with Gasteiger partial charge >= 0.3 is 0 Å². The Hall–Kier alpha value is -1.36. The number of hydrogen-bond acceptors (Lipinski definition) is 4. The molecule has 1 aliphatic heterocycles. The molecular weight excluding hydrogens is 230 g/mol. The number of aryl methyl sites for hydroxylation is 2. The lowest BCUT2D eigenvalue weighted by Crippen LogP contribution is -2.50. The molecule has 1 aromatic rings. The lowest BCUT2D eigenvalue weighted by Gasteiger charge is -2.32. The number of piperidine rings is 1. The first-order valence-corrected chi connectivity index (χ1v) is 6.57. The zero-order valence-corrected chi connectivity index (χ0v) is 11.3. The van der Waals surface area contributed by atoms with Crippen molar-refractivity contribution >= 4 is 5.91 Å². The number of hydrogen-bond donors (Lipinski definition) is 1. The molecule has 0 aromatic carbocycles. The van der Waals surface area contributed by atoms with Gasteiger partial charge in [-0.3, -0.25) is 4.79 Å². The van der Waals surface area contributed by atoms with Gasteiger partial charge in [0.2, 0.25) is 5.91 Å². The van der Waals surface area contributed by atoms with Gasteiger partial charge in [-0.05, 0) is 33.2 Å². The molecule has 1 atom stereocenters. The molecule has 0 aliphatic carbocycles. The average Bonchev–Trinajstić information content (AvgIpc) is 2.66. The number of carbonyl (C=O) groups excluding carboxylic acids is 1. The van der Waals surface area contributed by atoms with Crippen molar-refractivity contribution in [2.45, 2.75) is 46.2 Å². The number of nitrogens with one attached hydrogen (secondary N) is 1. The molecule has 1 unspecified atom stereocenters. The van der Waals surface area contributed by atoms with Gasteiger partial charge in [0, 0.05) is 12.1 Å². The van der Waals surface area contributed by atoms with E-state index in [1.807, 2.05) is 25.7 Å². The Kier molecular flexibility index (Phi) is 4.01. The van der Waals surface area contributed by atoms with E-state index in [9.17, 15) is 4.79 Å². The normalized spacial score (nSPS) is 20.5. The molecule has 0 spiro atoms. The number of likely N-dealkylation sites (tertiary alicyclic amines) is 1. The van der Waals surface area contributed by atoms with Crippen LogP contribution in [0.3, 0.4) is 0 Å². The lowest BCUT2D eigenvalue weighted by molar-refractivity contribution is -0.136. The lowest BCUT2D eigenvalue weighted by atomic mass is 10.0. The maximum atomic E-state index is 12.3. The molecule has 1 fully saturated rings. The molecule has 100 valence electrons. The van der Waals surface area contributed by atoms with E-state index in [0.717, 1.165) is 42.9 Å². The third kappa shape index (κ3) is 2.56. The maximum Gasteiger partial charge on any atom is 0.240 e. The van der Waals surface area contributed by atoms with Crippen molar-refractivity contribution in [1.29, 1.82) is 0 Å². The van der Waals surface area contributed by atoms with Crippen LogP contribution in [0.4, 0.5) is 0 Å². The summed E-state index contributed by atoms with van der Waals surface area (Å²) < 4.78 is 5.14.